The van der Waals surface area contributed by atoms with E-state index in [9.17, 15) is 9.59 Å². The molecule has 6 heteroatoms. The molecule has 0 rings (SSSR count). The van der Waals surface area contributed by atoms with Gasteiger partial charge in [0.25, 0.3) is 0 Å². The van der Waals surface area contributed by atoms with Crippen molar-refractivity contribution in [1.82, 2.24) is 5.32 Å². The fraction of sp³-hybridized carbons (Fsp3) is 0.778. The van der Waals surface area contributed by atoms with Crippen LogP contribution in [0.1, 0.15) is 26.2 Å². The quantitative estimate of drug-likeness (QED) is 0.493. The van der Waals surface area contributed by atoms with Crippen LogP contribution < -0.4 is 11.1 Å². The molecule has 0 aliphatic rings. The van der Waals surface area contributed by atoms with Crippen LogP contribution in [0.5, 0.6) is 0 Å². The molecule has 3 N–H and O–H groups in total. The summed E-state index contributed by atoms with van der Waals surface area (Å²) in [6.45, 7) is 1.97. The number of hydrogen-bond donors (Lipinski definition) is 4. The molecule has 0 bridgehead atoms. The molecule has 0 radical (unpaired) electrons. The highest BCUT2D eigenvalue weighted by molar-refractivity contribution is 7.81. The first kappa shape index (κ1) is 14.6. The second-order valence-electron chi connectivity index (χ2n) is 3.28. The summed E-state index contributed by atoms with van der Waals surface area (Å²) in [5, 5.41) is 2.19. The first-order valence-electron chi connectivity index (χ1n) is 4.91. The predicted octanol–water partition coefficient (Wildman–Crippen LogP) is 0.375. The summed E-state index contributed by atoms with van der Waals surface area (Å²) in [6.07, 6.45) is 1.99. The third-order valence-electron chi connectivity index (χ3n) is 1.94. The molecule has 88 valence electrons. The van der Waals surface area contributed by atoms with Gasteiger partial charge in [-0.1, -0.05) is 13.3 Å². The highest BCUT2D eigenvalue weighted by Gasteiger charge is 2.20. The summed E-state index contributed by atoms with van der Waals surface area (Å²) in [5.41, 5.74) is 5.13. The molecule has 0 fully saturated rings. The van der Waals surface area contributed by atoms with Gasteiger partial charge in [0.05, 0.1) is 5.25 Å². The number of hydrogen-bond acceptors (Lipinski definition) is 4. The lowest BCUT2D eigenvalue weighted by Crippen LogP contribution is -2.47. The minimum atomic E-state index is -0.637. The predicted molar refractivity (Wildman–Crippen MR) is 67.3 cm³/mol. The number of nitrogens with two attached hydrogens (primary N) is 1. The first-order chi connectivity index (χ1) is 7.02. The normalized spacial score (nSPS) is 14.3. The minimum Gasteiger partial charge on any atom is -0.368 e. The van der Waals surface area contributed by atoms with Crippen LogP contribution in [-0.2, 0) is 9.59 Å². The van der Waals surface area contributed by atoms with Crippen molar-refractivity contribution in [1.29, 1.82) is 0 Å². The van der Waals surface area contributed by atoms with Gasteiger partial charge >= 0.3 is 0 Å². The summed E-state index contributed by atoms with van der Waals surface area (Å²) in [4.78, 5) is 22.5. The van der Waals surface area contributed by atoms with Gasteiger partial charge in [0.2, 0.25) is 11.8 Å². The van der Waals surface area contributed by atoms with E-state index >= 15 is 0 Å². The second kappa shape index (κ2) is 7.87. The zero-order chi connectivity index (χ0) is 11.8. The van der Waals surface area contributed by atoms with Gasteiger partial charge in [0.15, 0.2) is 0 Å². The van der Waals surface area contributed by atoms with Crippen LogP contribution in [-0.4, -0.2) is 28.9 Å². The Morgan fingerprint density at radius 2 is 2.00 bits per heavy atom. The Bertz CT molecular complexity index is 224. The van der Waals surface area contributed by atoms with Crippen molar-refractivity contribution in [2.24, 2.45) is 5.73 Å². The van der Waals surface area contributed by atoms with Crippen molar-refractivity contribution in [2.75, 3.05) is 5.75 Å². The van der Waals surface area contributed by atoms with Crippen LogP contribution in [0.3, 0.4) is 0 Å². The molecular formula is C9H18N2O2S2. The molecule has 2 atom stereocenters. The van der Waals surface area contributed by atoms with Gasteiger partial charge in [-0.2, -0.15) is 25.3 Å². The number of amides is 2. The molecule has 15 heavy (non-hydrogen) atoms. The number of carbonyl (C=O) groups excluding carboxylic acids is 2. The lowest BCUT2D eigenvalue weighted by atomic mass is 10.2. The molecule has 0 spiro atoms. The van der Waals surface area contributed by atoms with Crippen LogP contribution in [0.25, 0.3) is 0 Å². The van der Waals surface area contributed by atoms with Crippen molar-refractivity contribution in [3.8, 4) is 0 Å². The molecule has 0 saturated heterocycles. The van der Waals surface area contributed by atoms with Gasteiger partial charge in [-0.25, -0.2) is 0 Å². The monoisotopic (exact) mass is 250 g/mol. The Labute approximate surface area is 101 Å². The molecule has 0 aromatic rings. The van der Waals surface area contributed by atoms with E-state index in [2.05, 4.69) is 30.6 Å². The highest BCUT2D eigenvalue weighted by atomic mass is 32.1. The second-order valence-corrected chi connectivity index (χ2v) is 4.35. The van der Waals surface area contributed by atoms with Crippen molar-refractivity contribution in [3.05, 3.63) is 0 Å². The van der Waals surface area contributed by atoms with E-state index in [1.807, 2.05) is 6.92 Å². The largest absolute Gasteiger partial charge is 0.368 e. The molecule has 4 nitrogen and oxygen atoms in total. The van der Waals surface area contributed by atoms with Crippen LogP contribution in [0.15, 0.2) is 0 Å². The van der Waals surface area contributed by atoms with Crippen molar-refractivity contribution < 1.29 is 9.59 Å². The van der Waals surface area contributed by atoms with Crippen LogP contribution in [0.2, 0.25) is 0 Å². The molecule has 0 aromatic carbocycles. The van der Waals surface area contributed by atoms with Crippen molar-refractivity contribution in [3.63, 3.8) is 0 Å². The number of thiol groups is 2. The fourth-order valence-corrected chi connectivity index (χ4v) is 1.68. The van der Waals surface area contributed by atoms with E-state index in [-0.39, 0.29) is 11.2 Å². The zero-order valence-corrected chi connectivity index (χ0v) is 10.6. The van der Waals surface area contributed by atoms with E-state index in [0.29, 0.717) is 18.6 Å². The van der Waals surface area contributed by atoms with Gasteiger partial charge < -0.3 is 11.1 Å². The van der Waals surface area contributed by atoms with Gasteiger partial charge in [0.1, 0.15) is 6.04 Å². The summed E-state index contributed by atoms with van der Waals surface area (Å²) in [6, 6.07) is -0.637. The summed E-state index contributed by atoms with van der Waals surface area (Å²) < 4.78 is 0. The number of rotatable bonds is 7. The standard InChI is InChI=1S/C9H18N2O2S2/c1-2-3-7(15)9(13)11-6(4-5-14)8(10)12/h6-7,14-15H,2-5H2,1H3,(H2,10,12)(H,11,13). The molecule has 0 aliphatic heterocycles. The third-order valence-corrected chi connectivity index (χ3v) is 2.69. The summed E-state index contributed by atoms with van der Waals surface area (Å²) >= 11 is 8.12. The maximum absolute atomic E-state index is 11.5. The number of nitrogens with one attached hydrogen (secondary N) is 1. The van der Waals surface area contributed by atoms with E-state index in [4.69, 9.17) is 5.73 Å². The van der Waals surface area contributed by atoms with Crippen LogP contribution in [0, 0.1) is 0 Å². The molecule has 0 saturated carbocycles. The smallest absolute Gasteiger partial charge is 0.240 e. The Morgan fingerprint density at radius 3 is 2.40 bits per heavy atom. The molecule has 0 aromatic heterocycles. The fourth-order valence-electron chi connectivity index (χ4n) is 1.09. The maximum Gasteiger partial charge on any atom is 0.240 e. The Kier molecular flexibility index (Phi) is 7.68. The van der Waals surface area contributed by atoms with E-state index in [1.54, 1.807) is 0 Å². The van der Waals surface area contributed by atoms with Gasteiger partial charge in [0, 0.05) is 0 Å². The average Bonchev–Trinajstić information content (AvgIpc) is 2.17. The van der Waals surface area contributed by atoms with Crippen molar-refractivity contribution in [2.45, 2.75) is 37.5 Å². The molecule has 2 unspecified atom stereocenters. The molecule has 0 aliphatic carbocycles. The molecule has 0 heterocycles. The number of primary amides is 1. The van der Waals surface area contributed by atoms with Gasteiger partial charge in [-0.05, 0) is 18.6 Å². The summed E-state index contributed by atoms with van der Waals surface area (Å²) in [5.74, 6) is -0.279. The molecular weight excluding hydrogens is 232 g/mol. The van der Waals surface area contributed by atoms with Crippen LogP contribution >= 0.6 is 25.3 Å². The minimum absolute atomic E-state index is 0.245. The van der Waals surface area contributed by atoms with Gasteiger partial charge in [-0.3, -0.25) is 9.59 Å². The lowest BCUT2D eigenvalue weighted by Gasteiger charge is -2.17. The van der Waals surface area contributed by atoms with Crippen LogP contribution in [0.4, 0.5) is 0 Å². The Morgan fingerprint density at radius 1 is 1.40 bits per heavy atom. The summed E-state index contributed by atoms with van der Waals surface area (Å²) in [7, 11) is 0. The first-order valence-corrected chi connectivity index (χ1v) is 6.06. The zero-order valence-electron chi connectivity index (χ0n) is 8.77. The SMILES string of the molecule is CCCC(S)C(=O)NC(CCS)C(N)=O. The third kappa shape index (κ3) is 5.94. The Balaban J connectivity index is 4.15. The average molecular weight is 250 g/mol. The maximum atomic E-state index is 11.5. The lowest BCUT2D eigenvalue weighted by molar-refractivity contribution is -0.127. The Hall–Kier alpha value is -0.360. The topological polar surface area (TPSA) is 72.2 Å². The van der Waals surface area contributed by atoms with E-state index in [1.165, 1.54) is 0 Å². The van der Waals surface area contributed by atoms with Crippen molar-refractivity contribution >= 4 is 37.1 Å². The molecule has 2 amide bonds. The highest BCUT2D eigenvalue weighted by Crippen LogP contribution is 2.05. The van der Waals surface area contributed by atoms with E-state index < -0.39 is 11.9 Å². The number of carbonyl (C=O) groups is 2. The van der Waals surface area contributed by atoms with Gasteiger partial charge in [-0.15, -0.1) is 0 Å². The van der Waals surface area contributed by atoms with E-state index in [0.717, 1.165) is 6.42 Å².